The van der Waals surface area contributed by atoms with E-state index in [0.29, 0.717) is 16.6 Å². The van der Waals surface area contributed by atoms with E-state index in [1.165, 1.54) is 26.6 Å². The third-order valence-electron chi connectivity index (χ3n) is 4.74. The van der Waals surface area contributed by atoms with Crippen LogP contribution in [-0.2, 0) is 14.3 Å². The molecule has 0 spiro atoms. The molecule has 1 fully saturated rings. The largest absolute Gasteiger partial charge is 0.411 e. The highest BCUT2D eigenvalue weighted by Crippen LogP contribution is 2.42. The molecule has 0 aromatic carbocycles. The molecule has 4 atom stereocenters. The molecule has 4 N–H and O–H groups in total. The molecular weight excluding hydrogens is 358 g/mol. The first-order valence-electron chi connectivity index (χ1n) is 8.17. The minimum Gasteiger partial charge on any atom is -0.411 e. The van der Waals surface area contributed by atoms with Crippen molar-refractivity contribution in [2.24, 2.45) is 5.16 Å². The summed E-state index contributed by atoms with van der Waals surface area (Å²) < 4.78 is 12.9. The zero-order valence-electron chi connectivity index (χ0n) is 15.0. The fourth-order valence-electron chi connectivity index (χ4n) is 3.31. The number of fused-ring (bicyclic) bond motifs is 1. The van der Waals surface area contributed by atoms with Gasteiger partial charge < -0.3 is 34.8 Å². The number of carbonyl (C=O) groups excluding carboxylic acids is 1. The number of hydrogen-bond acceptors (Lipinski definition) is 9. The molecule has 0 bridgehead atoms. The number of aliphatic hydroxyl groups is 2. The maximum absolute atomic E-state index is 11.5. The summed E-state index contributed by atoms with van der Waals surface area (Å²) in [6.07, 6.45) is 1.22. The number of amides is 1. The van der Waals surface area contributed by atoms with Crippen LogP contribution in [0.4, 0.5) is 5.82 Å². The normalized spacial score (nSPS) is 28.3. The van der Waals surface area contributed by atoms with E-state index in [1.807, 2.05) is 0 Å². The second-order valence-electron chi connectivity index (χ2n) is 6.38. The van der Waals surface area contributed by atoms with Gasteiger partial charge in [0.15, 0.2) is 6.23 Å². The Morgan fingerprint density at radius 3 is 2.89 bits per heavy atom. The van der Waals surface area contributed by atoms with Gasteiger partial charge >= 0.3 is 0 Å². The molecule has 1 aliphatic heterocycles. The topological polar surface area (TPSA) is 151 Å². The number of methoxy groups -OCH3 is 1. The summed E-state index contributed by atoms with van der Waals surface area (Å²) in [6.45, 7) is 2.60. The van der Waals surface area contributed by atoms with E-state index in [1.54, 1.807) is 17.7 Å². The van der Waals surface area contributed by atoms with Gasteiger partial charge in [0.05, 0.1) is 18.2 Å². The van der Waals surface area contributed by atoms with Crippen molar-refractivity contribution in [3.8, 4) is 0 Å². The van der Waals surface area contributed by atoms with Crippen molar-refractivity contribution in [3.63, 3.8) is 0 Å². The number of carbonyl (C=O) groups is 1. The molecule has 27 heavy (non-hydrogen) atoms. The van der Waals surface area contributed by atoms with Gasteiger partial charge in [0.1, 0.15) is 35.6 Å². The summed E-state index contributed by atoms with van der Waals surface area (Å²) in [6, 6.07) is 0. The summed E-state index contributed by atoms with van der Waals surface area (Å²) in [5.41, 5.74) is -0.407. The quantitative estimate of drug-likeness (QED) is 0.318. The number of rotatable bonds is 5. The summed E-state index contributed by atoms with van der Waals surface area (Å²) in [7, 11) is 1.43. The van der Waals surface area contributed by atoms with Crippen molar-refractivity contribution < 1.29 is 29.7 Å². The second-order valence-corrected chi connectivity index (χ2v) is 6.38. The van der Waals surface area contributed by atoms with Gasteiger partial charge in [0.2, 0.25) is 5.91 Å². The Balaban J connectivity index is 2.22. The van der Waals surface area contributed by atoms with Crippen molar-refractivity contribution in [3.05, 3.63) is 18.1 Å². The molecule has 11 nitrogen and oxygen atoms in total. The molecule has 1 amide bonds. The number of nitrogens with zero attached hydrogens (tertiary/aromatic N) is 4. The highest BCUT2D eigenvalue weighted by atomic mass is 16.6. The molecule has 3 rings (SSSR count). The molecule has 0 radical (unpaired) electrons. The third kappa shape index (κ3) is 3.04. The van der Waals surface area contributed by atoms with Crippen LogP contribution >= 0.6 is 0 Å². The van der Waals surface area contributed by atoms with Crippen LogP contribution in [0.3, 0.4) is 0 Å². The Morgan fingerprint density at radius 1 is 1.56 bits per heavy atom. The Bertz CT molecular complexity index is 884. The summed E-state index contributed by atoms with van der Waals surface area (Å²) >= 11 is 0. The van der Waals surface area contributed by atoms with Gasteiger partial charge in [0.25, 0.3) is 0 Å². The minimum absolute atomic E-state index is 0.234. The lowest BCUT2D eigenvalue weighted by molar-refractivity contribution is -0.118. The van der Waals surface area contributed by atoms with Gasteiger partial charge in [0, 0.05) is 25.8 Å². The molecule has 11 heteroatoms. The van der Waals surface area contributed by atoms with Gasteiger partial charge in [-0.25, -0.2) is 9.97 Å². The van der Waals surface area contributed by atoms with E-state index in [4.69, 9.17) is 14.7 Å². The average Bonchev–Trinajstić information content (AvgIpc) is 3.12. The number of aromatic nitrogens is 3. The van der Waals surface area contributed by atoms with E-state index in [2.05, 4.69) is 20.4 Å². The van der Waals surface area contributed by atoms with E-state index in [-0.39, 0.29) is 11.7 Å². The lowest BCUT2D eigenvalue weighted by Crippen LogP contribution is -2.46. The van der Waals surface area contributed by atoms with Crippen molar-refractivity contribution in [2.45, 2.75) is 37.9 Å². The van der Waals surface area contributed by atoms with E-state index < -0.39 is 30.6 Å². The van der Waals surface area contributed by atoms with Crippen LogP contribution < -0.4 is 5.32 Å². The highest BCUT2D eigenvalue weighted by Gasteiger charge is 2.54. The zero-order chi connectivity index (χ0) is 19.8. The van der Waals surface area contributed by atoms with Gasteiger partial charge in [-0.05, 0) is 6.92 Å². The van der Waals surface area contributed by atoms with Crippen molar-refractivity contribution in [1.29, 1.82) is 0 Å². The van der Waals surface area contributed by atoms with Crippen LogP contribution in [0, 0.1) is 0 Å². The SMILES string of the molecule is COC1(C)C(O)C(CO)O[C@H]1n1cc(C=NO)c2c(NC(C)=O)ncnc21. The molecule has 2 aromatic heterocycles. The number of hydrogen-bond donors (Lipinski definition) is 4. The lowest BCUT2D eigenvalue weighted by Gasteiger charge is -2.31. The molecule has 3 unspecified atom stereocenters. The maximum Gasteiger partial charge on any atom is 0.222 e. The van der Waals surface area contributed by atoms with Gasteiger partial charge in [-0.1, -0.05) is 5.16 Å². The van der Waals surface area contributed by atoms with Crippen LogP contribution in [0.2, 0.25) is 0 Å². The van der Waals surface area contributed by atoms with Gasteiger partial charge in [-0.2, -0.15) is 0 Å². The minimum atomic E-state index is -1.19. The van der Waals surface area contributed by atoms with Gasteiger partial charge in [-0.3, -0.25) is 4.79 Å². The van der Waals surface area contributed by atoms with Crippen LogP contribution in [0.25, 0.3) is 11.0 Å². The Labute approximate surface area is 154 Å². The smallest absolute Gasteiger partial charge is 0.222 e. The molecule has 1 aliphatic rings. The Morgan fingerprint density at radius 2 is 2.30 bits per heavy atom. The highest BCUT2D eigenvalue weighted by molar-refractivity contribution is 6.06. The molecule has 2 aromatic rings. The van der Waals surface area contributed by atoms with E-state index in [0.717, 1.165) is 0 Å². The lowest BCUT2D eigenvalue weighted by atomic mass is 9.96. The first-order valence-corrected chi connectivity index (χ1v) is 8.17. The molecule has 146 valence electrons. The molecule has 3 heterocycles. The predicted molar refractivity (Wildman–Crippen MR) is 93.6 cm³/mol. The molecule has 0 aliphatic carbocycles. The fourth-order valence-corrected chi connectivity index (χ4v) is 3.31. The predicted octanol–water partition coefficient (Wildman–Crippen LogP) is -0.147. The van der Waals surface area contributed by atoms with Crippen molar-refractivity contribution in [2.75, 3.05) is 19.0 Å². The number of ether oxygens (including phenoxy) is 2. The third-order valence-corrected chi connectivity index (χ3v) is 4.74. The maximum atomic E-state index is 11.5. The van der Waals surface area contributed by atoms with Crippen molar-refractivity contribution >= 4 is 29.0 Å². The van der Waals surface area contributed by atoms with Crippen LogP contribution in [0.5, 0.6) is 0 Å². The average molecular weight is 379 g/mol. The Hall–Kier alpha value is -2.60. The van der Waals surface area contributed by atoms with Crippen molar-refractivity contribution in [1.82, 2.24) is 14.5 Å². The molecule has 0 saturated carbocycles. The summed E-state index contributed by atoms with van der Waals surface area (Å²) in [4.78, 5) is 19.8. The second kappa shape index (κ2) is 7.19. The van der Waals surface area contributed by atoms with Crippen LogP contribution in [0.1, 0.15) is 25.6 Å². The molecule has 1 saturated heterocycles. The number of nitrogens with one attached hydrogen (secondary N) is 1. The first kappa shape index (κ1) is 19.2. The molecular formula is C16H21N5O6. The fraction of sp³-hybridized carbons (Fsp3) is 0.500. The summed E-state index contributed by atoms with van der Waals surface area (Å²) in [5.74, 6) is -0.0956. The van der Waals surface area contributed by atoms with Gasteiger partial charge in [-0.15, -0.1) is 0 Å². The summed E-state index contributed by atoms with van der Waals surface area (Å²) in [5, 5.41) is 35.1. The Kier molecular flexibility index (Phi) is 5.11. The van der Waals surface area contributed by atoms with E-state index in [9.17, 15) is 15.0 Å². The van der Waals surface area contributed by atoms with E-state index >= 15 is 0 Å². The number of anilines is 1. The number of aliphatic hydroxyl groups excluding tert-OH is 2. The first-order chi connectivity index (χ1) is 12.9. The monoisotopic (exact) mass is 379 g/mol. The van der Waals surface area contributed by atoms with Crippen LogP contribution in [0.15, 0.2) is 17.7 Å². The zero-order valence-corrected chi connectivity index (χ0v) is 15.0. The number of oxime groups is 1. The van der Waals surface area contributed by atoms with Crippen LogP contribution in [-0.4, -0.2) is 73.6 Å². The standard InChI is InChI=1S/C16H21N5O6/c1-8(23)20-13-11-9(4-19-25)5-21(14(11)18-7-17-13)15-16(2,26-3)12(24)10(6-22)27-15/h4-5,7,10,12,15,22,24-25H,6H2,1-3H3,(H,17,18,20,23)/t10?,12?,15-,16?/m1/s1.